The van der Waals surface area contributed by atoms with E-state index in [2.05, 4.69) is 79.7 Å². The van der Waals surface area contributed by atoms with Crippen molar-refractivity contribution in [2.24, 2.45) is 57.2 Å². The summed E-state index contributed by atoms with van der Waals surface area (Å²) < 4.78 is 23.0. The number of aliphatic hydroxyl groups excluding tert-OH is 2. The number of ether oxygens (including phenoxy) is 4. The third kappa shape index (κ3) is 9.31. The number of carbonyl (C=O) groups is 2. The second kappa shape index (κ2) is 18.8. The predicted octanol–water partition coefficient (Wildman–Crippen LogP) is 9.88. The first-order chi connectivity index (χ1) is 27.5. The summed E-state index contributed by atoms with van der Waals surface area (Å²) in [5.41, 5.74) is 5.06. The molecule has 8 nitrogen and oxygen atoms in total. The maximum Gasteiger partial charge on any atom is 0.312 e. The van der Waals surface area contributed by atoms with Crippen molar-refractivity contribution in [2.75, 3.05) is 39.6 Å². The van der Waals surface area contributed by atoms with Crippen LogP contribution in [0.4, 0.5) is 0 Å². The van der Waals surface area contributed by atoms with Crippen LogP contribution in [0.5, 0.6) is 0 Å². The molecule has 10 atom stereocenters. The Morgan fingerprint density at radius 2 is 1.03 bits per heavy atom. The molecule has 2 fully saturated rings. The van der Waals surface area contributed by atoms with E-state index in [4.69, 9.17) is 18.9 Å². The van der Waals surface area contributed by atoms with E-state index in [9.17, 15) is 19.8 Å². The van der Waals surface area contributed by atoms with Gasteiger partial charge in [-0.2, -0.15) is 0 Å². The highest BCUT2D eigenvalue weighted by molar-refractivity contribution is 5.78. The minimum Gasteiger partial charge on any atom is -0.462 e. The molecule has 0 spiro atoms. The van der Waals surface area contributed by atoms with Gasteiger partial charge in [-0.1, -0.05) is 89.8 Å². The summed E-state index contributed by atoms with van der Waals surface area (Å²) in [5.74, 6) is 2.21. The van der Waals surface area contributed by atoms with Crippen LogP contribution in [0.2, 0.25) is 0 Å². The fraction of sp³-hybridized carbons (Fsp3) is 0.800. The summed E-state index contributed by atoms with van der Waals surface area (Å²) >= 11 is 0. The van der Waals surface area contributed by atoms with Gasteiger partial charge in [0.05, 0.1) is 24.0 Å². The van der Waals surface area contributed by atoms with Crippen LogP contribution in [-0.2, 0) is 28.5 Å². The number of hydrogen-bond donors (Lipinski definition) is 2. The average Bonchev–Trinajstić information content (AvgIpc) is 3.19. The number of unbranched alkanes of at least 4 members (excludes halogenated alkanes) is 1. The molecule has 6 aliphatic rings. The van der Waals surface area contributed by atoms with Crippen molar-refractivity contribution in [3.05, 3.63) is 46.6 Å². The molecule has 0 bridgehead atoms. The Kier molecular flexibility index (Phi) is 14.7. The molecule has 0 aromatic heterocycles. The molecule has 58 heavy (non-hydrogen) atoms. The monoisotopic (exact) mass is 807 g/mol. The minimum absolute atomic E-state index is 0.0666. The van der Waals surface area contributed by atoms with Gasteiger partial charge in [-0.15, -0.1) is 0 Å². The van der Waals surface area contributed by atoms with Crippen molar-refractivity contribution in [3.63, 3.8) is 0 Å². The van der Waals surface area contributed by atoms with E-state index >= 15 is 0 Å². The van der Waals surface area contributed by atoms with E-state index in [1.807, 2.05) is 0 Å². The lowest BCUT2D eigenvalue weighted by Gasteiger charge is -2.57. The van der Waals surface area contributed by atoms with Gasteiger partial charge in [-0.3, -0.25) is 9.59 Å². The SMILES string of the molecule is CC(C)C1=CC2=CCC3C(C)(C(=O)OCC(O)COCCCCOCC(O)COC(=O)C4(C)CCCC5(C)C6CCC(C(C)C)=CC6=CCC45)CCCC3(C)C2CC1. The molecule has 0 aliphatic heterocycles. The fourth-order valence-electron chi connectivity index (χ4n) is 12.8. The molecule has 0 heterocycles. The van der Waals surface area contributed by atoms with Gasteiger partial charge < -0.3 is 29.2 Å². The average molecular weight is 807 g/mol. The first-order valence-electron chi connectivity index (χ1n) is 23.2. The van der Waals surface area contributed by atoms with Crippen LogP contribution in [-0.4, -0.2) is 74.0 Å². The van der Waals surface area contributed by atoms with E-state index in [-0.39, 0.29) is 61.0 Å². The van der Waals surface area contributed by atoms with Crippen LogP contribution in [0.3, 0.4) is 0 Å². The summed E-state index contributed by atoms with van der Waals surface area (Å²) in [4.78, 5) is 27.3. The molecule has 8 heteroatoms. The molecule has 0 radical (unpaired) electrons. The van der Waals surface area contributed by atoms with Gasteiger partial charge in [0.15, 0.2) is 0 Å². The normalized spacial score (nSPS) is 35.6. The highest BCUT2D eigenvalue weighted by atomic mass is 16.6. The van der Waals surface area contributed by atoms with Gasteiger partial charge in [0.1, 0.15) is 25.4 Å². The Hall–Kier alpha value is -2.26. The first-order valence-corrected chi connectivity index (χ1v) is 23.2. The van der Waals surface area contributed by atoms with Gasteiger partial charge in [-0.05, 0) is 148 Å². The second-order valence-electron chi connectivity index (χ2n) is 20.8. The van der Waals surface area contributed by atoms with Crippen LogP contribution >= 0.6 is 0 Å². The molecule has 0 saturated heterocycles. The van der Waals surface area contributed by atoms with Gasteiger partial charge in [-0.25, -0.2) is 0 Å². The lowest BCUT2D eigenvalue weighted by Crippen LogP contribution is -2.53. The third-order valence-corrected chi connectivity index (χ3v) is 16.4. The summed E-state index contributed by atoms with van der Waals surface area (Å²) in [6, 6.07) is 0. The van der Waals surface area contributed by atoms with Crippen LogP contribution in [0.1, 0.15) is 145 Å². The number of aliphatic hydroxyl groups is 2. The van der Waals surface area contributed by atoms with Crippen LogP contribution in [0, 0.1) is 57.2 Å². The van der Waals surface area contributed by atoms with Crippen molar-refractivity contribution in [3.8, 4) is 0 Å². The van der Waals surface area contributed by atoms with Crippen molar-refractivity contribution in [1.82, 2.24) is 0 Å². The highest BCUT2D eigenvalue weighted by Crippen LogP contribution is 2.64. The molecule has 0 amide bonds. The Morgan fingerprint density at radius 3 is 1.41 bits per heavy atom. The predicted molar refractivity (Wildman–Crippen MR) is 229 cm³/mol. The van der Waals surface area contributed by atoms with Crippen LogP contribution in [0.25, 0.3) is 0 Å². The lowest BCUT2D eigenvalue weighted by molar-refractivity contribution is -0.173. The minimum atomic E-state index is -0.883. The molecule has 0 aromatic carbocycles. The number of esters is 2. The Morgan fingerprint density at radius 1 is 0.638 bits per heavy atom. The molecular weight excluding hydrogens is 729 g/mol. The standard InChI is InChI=1S/C50H78O8/c1-33(2)35-13-17-41-37(27-35)15-19-43-47(41,5)21-11-23-49(43,7)45(53)57-31-39(51)29-55-25-9-10-26-56-30-40(52)32-58-46(54)50(8)24-12-22-48(6)42-18-14-36(34(3)4)28-38(42)16-20-44(48)50/h15-16,27-28,33-34,39-44,51-52H,9-14,17-26,29-32H2,1-8H3. The van der Waals surface area contributed by atoms with Gasteiger partial charge in [0.25, 0.3) is 0 Å². The zero-order valence-corrected chi connectivity index (χ0v) is 37.4. The zero-order chi connectivity index (χ0) is 41.9. The molecule has 326 valence electrons. The van der Waals surface area contributed by atoms with E-state index in [0.29, 0.717) is 36.9 Å². The molecule has 10 unspecified atom stereocenters. The van der Waals surface area contributed by atoms with Crippen molar-refractivity contribution < 1.29 is 38.7 Å². The maximum absolute atomic E-state index is 13.7. The Bertz CT molecular complexity index is 1470. The Labute approximate surface area is 350 Å². The number of fused-ring (bicyclic) bond motifs is 6. The highest BCUT2D eigenvalue weighted by Gasteiger charge is 2.59. The summed E-state index contributed by atoms with van der Waals surface area (Å²) in [5, 5.41) is 21.2. The lowest BCUT2D eigenvalue weighted by atomic mass is 9.47. The number of carbonyl (C=O) groups excluding carboxylic acids is 2. The van der Waals surface area contributed by atoms with E-state index < -0.39 is 23.0 Å². The largest absolute Gasteiger partial charge is 0.462 e. The zero-order valence-electron chi connectivity index (χ0n) is 37.4. The summed E-state index contributed by atoms with van der Waals surface area (Å²) in [6.45, 7) is 19.1. The number of allylic oxidation sites excluding steroid dienone is 8. The number of hydrogen-bond acceptors (Lipinski definition) is 8. The second-order valence-corrected chi connectivity index (χ2v) is 20.8. The van der Waals surface area contributed by atoms with E-state index in [1.165, 1.54) is 11.1 Å². The molecule has 6 rings (SSSR count). The molecule has 2 N–H and O–H groups in total. The summed E-state index contributed by atoms with van der Waals surface area (Å²) in [7, 11) is 0. The van der Waals surface area contributed by atoms with Gasteiger partial charge in [0, 0.05) is 13.2 Å². The third-order valence-electron chi connectivity index (χ3n) is 16.4. The summed E-state index contributed by atoms with van der Waals surface area (Å²) in [6.07, 6.45) is 21.7. The van der Waals surface area contributed by atoms with E-state index in [1.54, 1.807) is 11.1 Å². The van der Waals surface area contributed by atoms with Gasteiger partial charge in [0.2, 0.25) is 0 Å². The molecular formula is C50H78O8. The smallest absolute Gasteiger partial charge is 0.312 e. The van der Waals surface area contributed by atoms with Crippen molar-refractivity contribution in [1.29, 1.82) is 0 Å². The number of rotatable bonds is 17. The van der Waals surface area contributed by atoms with Gasteiger partial charge >= 0.3 is 11.9 Å². The van der Waals surface area contributed by atoms with Crippen LogP contribution in [0.15, 0.2) is 46.6 Å². The molecule has 6 aliphatic carbocycles. The van der Waals surface area contributed by atoms with Crippen LogP contribution < -0.4 is 0 Å². The van der Waals surface area contributed by atoms with Crippen molar-refractivity contribution in [2.45, 2.75) is 157 Å². The van der Waals surface area contributed by atoms with Crippen molar-refractivity contribution >= 4 is 11.9 Å². The molecule has 0 aromatic rings. The Balaban J connectivity index is 0.847. The van der Waals surface area contributed by atoms with E-state index in [0.717, 1.165) is 89.9 Å². The molecule has 2 saturated carbocycles. The quantitative estimate of drug-likeness (QED) is 0.110. The maximum atomic E-state index is 13.7. The fourth-order valence-corrected chi connectivity index (χ4v) is 12.8. The first kappa shape index (κ1) is 45.3. The topological polar surface area (TPSA) is 112 Å².